The van der Waals surface area contributed by atoms with Gasteiger partial charge in [-0.2, -0.15) is 0 Å². The molecule has 0 atom stereocenters. The van der Waals surface area contributed by atoms with E-state index in [9.17, 15) is 15.0 Å². The van der Waals surface area contributed by atoms with Gasteiger partial charge in [-0.15, -0.1) is 0 Å². The molecule has 0 amide bonds. The number of halogens is 1. The van der Waals surface area contributed by atoms with Gasteiger partial charge in [-0.25, -0.2) is 4.79 Å². The number of carboxylic acids is 1. The third-order valence-corrected chi connectivity index (χ3v) is 3.31. The summed E-state index contributed by atoms with van der Waals surface area (Å²) in [6.07, 6.45) is 1.50. The van der Waals surface area contributed by atoms with Crippen LogP contribution in [0.5, 0.6) is 11.5 Å². The predicted molar refractivity (Wildman–Crippen MR) is 90.8 cm³/mol. The van der Waals surface area contributed by atoms with E-state index in [1.807, 2.05) is 13.8 Å². The highest BCUT2D eigenvalue weighted by Crippen LogP contribution is 2.29. The molecule has 0 radical (unpaired) electrons. The number of aliphatic carboxylic acids is 1. The number of benzene rings is 2. The van der Waals surface area contributed by atoms with Crippen LogP contribution in [0.15, 0.2) is 42.5 Å². The molecule has 0 aromatic heterocycles. The van der Waals surface area contributed by atoms with Gasteiger partial charge in [-0.05, 0) is 55.3 Å². The number of carbonyl (C=O) groups is 1. The second-order valence-electron chi connectivity index (χ2n) is 5.27. The van der Waals surface area contributed by atoms with Crippen LogP contribution in [0.1, 0.15) is 25.0 Å². The van der Waals surface area contributed by atoms with Gasteiger partial charge in [0, 0.05) is 0 Å². The first-order valence-corrected chi connectivity index (χ1v) is 7.45. The highest BCUT2D eigenvalue weighted by molar-refractivity contribution is 6.32. The molecule has 0 saturated carbocycles. The van der Waals surface area contributed by atoms with Gasteiger partial charge in [-0.3, -0.25) is 0 Å². The fourth-order valence-corrected chi connectivity index (χ4v) is 2.30. The smallest absolute Gasteiger partial charge is 0.336 e. The molecule has 120 valence electrons. The summed E-state index contributed by atoms with van der Waals surface area (Å²) >= 11 is 6.17. The maximum atomic E-state index is 11.5. The SMILES string of the molecule is CC(C)Oc1ccc(/C=C(\C(=O)O)c2cccc(O)c2)cc1Cl. The van der Waals surface area contributed by atoms with Crippen molar-refractivity contribution in [1.82, 2.24) is 0 Å². The Morgan fingerprint density at radius 1 is 1.22 bits per heavy atom. The van der Waals surface area contributed by atoms with Gasteiger partial charge >= 0.3 is 5.97 Å². The zero-order valence-electron chi connectivity index (χ0n) is 12.8. The summed E-state index contributed by atoms with van der Waals surface area (Å²) in [6.45, 7) is 3.79. The summed E-state index contributed by atoms with van der Waals surface area (Å²) in [6, 6.07) is 11.2. The molecule has 0 unspecified atom stereocenters. The first-order valence-electron chi connectivity index (χ1n) is 7.07. The molecule has 2 aromatic carbocycles. The lowest BCUT2D eigenvalue weighted by atomic mass is 10.0. The van der Waals surface area contributed by atoms with E-state index in [0.29, 0.717) is 21.9 Å². The van der Waals surface area contributed by atoms with Crippen molar-refractivity contribution in [3.05, 3.63) is 58.6 Å². The molecule has 0 aliphatic carbocycles. The molecular weight excluding hydrogens is 316 g/mol. The van der Waals surface area contributed by atoms with Crippen LogP contribution in [-0.2, 0) is 4.79 Å². The average molecular weight is 333 g/mol. The molecular formula is C18H17ClO4. The van der Waals surface area contributed by atoms with Crippen molar-refractivity contribution in [1.29, 1.82) is 0 Å². The molecule has 0 bridgehead atoms. The minimum absolute atomic E-state index is 0.00392. The third-order valence-electron chi connectivity index (χ3n) is 3.02. The summed E-state index contributed by atoms with van der Waals surface area (Å²) in [5, 5.41) is 19.3. The highest BCUT2D eigenvalue weighted by atomic mass is 35.5. The van der Waals surface area contributed by atoms with Gasteiger partial charge in [0.05, 0.1) is 16.7 Å². The second kappa shape index (κ2) is 7.20. The number of aromatic hydroxyl groups is 1. The van der Waals surface area contributed by atoms with Crippen molar-refractivity contribution < 1.29 is 19.7 Å². The van der Waals surface area contributed by atoms with Gasteiger partial charge in [0.1, 0.15) is 11.5 Å². The summed E-state index contributed by atoms with van der Waals surface area (Å²) in [7, 11) is 0. The fraction of sp³-hybridized carbons (Fsp3) is 0.167. The molecule has 0 aliphatic rings. The Labute approximate surface area is 139 Å². The van der Waals surface area contributed by atoms with E-state index < -0.39 is 5.97 Å². The van der Waals surface area contributed by atoms with E-state index in [1.165, 1.54) is 18.2 Å². The molecule has 0 heterocycles. The predicted octanol–water partition coefficient (Wildman–Crippen LogP) is 4.46. The van der Waals surface area contributed by atoms with Gasteiger partial charge in [0.25, 0.3) is 0 Å². The van der Waals surface area contributed by atoms with Crippen molar-refractivity contribution in [2.45, 2.75) is 20.0 Å². The van der Waals surface area contributed by atoms with Crippen LogP contribution in [0.4, 0.5) is 0 Å². The lowest BCUT2D eigenvalue weighted by Gasteiger charge is -2.11. The number of hydrogen-bond donors (Lipinski definition) is 2. The van der Waals surface area contributed by atoms with E-state index in [0.717, 1.165) is 0 Å². The van der Waals surface area contributed by atoms with Crippen molar-refractivity contribution in [3.63, 3.8) is 0 Å². The first kappa shape index (κ1) is 16.9. The number of phenolic OH excluding ortho intramolecular Hbond substituents is 1. The summed E-state index contributed by atoms with van der Waals surface area (Å²) < 4.78 is 5.55. The molecule has 23 heavy (non-hydrogen) atoms. The van der Waals surface area contributed by atoms with Crippen LogP contribution in [0, 0.1) is 0 Å². The van der Waals surface area contributed by atoms with E-state index in [2.05, 4.69) is 0 Å². The molecule has 0 aliphatic heterocycles. The summed E-state index contributed by atoms with van der Waals surface area (Å²) in [4.78, 5) is 11.5. The largest absolute Gasteiger partial charge is 0.508 e. The fourth-order valence-electron chi connectivity index (χ4n) is 2.07. The van der Waals surface area contributed by atoms with Crippen molar-refractivity contribution in [3.8, 4) is 11.5 Å². The molecule has 4 nitrogen and oxygen atoms in total. The number of hydrogen-bond acceptors (Lipinski definition) is 3. The van der Waals surface area contributed by atoms with Crippen LogP contribution in [0.3, 0.4) is 0 Å². The Kier molecular flexibility index (Phi) is 5.29. The monoisotopic (exact) mass is 332 g/mol. The zero-order valence-corrected chi connectivity index (χ0v) is 13.5. The Morgan fingerprint density at radius 3 is 2.52 bits per heavy atom. The highest BCUT2D eigenvalue weighted by Gasteiger charge is 2.12. The Bertz CT molecular complexity index is 750. The second-order valence-corrected chi connectivity index (χ2v) is 5.68. The van der Waals surface area contributed by atoms with E-state index in [4.69, 9.17) is 16.3 Å². The maximum Gasteiger partial charge on any atom is 0.336 e. The molecule has 2 rings (SSSR count). The number of phenols is 1. The maximum absolute atomic E-state index is 11.5. The summed E-state index contributed by atoms with van der Waals surface area (Å²) in [5.41, 5.74) is 1.11. The van der Waals surface area contributed by atoms with E-state index in [-0.39, 0.29) is 17.4 Å². The Hall–Kier alpha value is -2.46. The lowest BCUT2D eigenvalue weighted by molar-refractivity contribution is -0.130. The van der Waals surface area contributed by atoms with Crippen LogP contribution in [0.2, 0.25) is 5.02 Å². The Morgan fingerprint density at radius 2 is 1.96 bits per heavy atom. The number of carboxylic acid groups (broad SMARTS) is 1. The Balaban J connectivity index is 2.40. The number of rotatable bonds is 5. The molecule has 0 fully saturated rings. The van der Waals surface area contributed by atoms with Crippen LogP contribution < -0.4 is 4.74 Å². The van der Waals surface area contributed by atoms with Crippen LogP contribution in [0.25, 0.3) is 11.6 Å². The van der Waals surface area contributed by atoms with E-state index in [1.54, 1.807) is 30.3 Å². The topological polar surface area (TPSA) is 66.8 Å². The molecule has 0 spiro atoms. The zero-order chi connectivity index (χ0) is 17.0. The first-order chi connectivity index (χ1) is 10.9. The van der Waals surface area contributed by atoms with Crippen molar-refractivity contribution in [2.75, 3.05) is 0 Å². The summed E-state index contributed by atoms with van der Waals surface area (Å²) in [5.74, 6) is -0.532. The molecule has 0 saturated heterocycles. The van der Waals surface area contributed by atoms with Crippen molar-refractivity contribution >= 4 is 29.2 Å². The van der Waals surface area contributed by atoms with Gasteiger partial charge in [-0.1, -0.05) is 29.8 Å². The van der Waals surface area contributed by atoms with Crippen LogP contribution >= 0.6 is 11.6 Å². The van der Waals surface area contributed by atoms with Crippen LogP contribution in [-0.4, -0.2) is 22.3 Å². The van der Waals surface area contributed by atoms with Gasteiger partial charge in [0.2, 0.25) is 0 Å². The minimum Gasteiger partial charge on any atom is -0.508 e. The van der Waals surface area contributed by atoms with E-state index >= 15 is 0 Å². The third kappa shape index (κ3) is 4.50. The molecule has 5 heteroatoms. The van der Waals surface area contributed by atoms with Crippen molar-refractivity contribution in [2.24, 2.45) is 0 Å². The lowest BCUT2D eigenvalue weighted by Crippen LogP contribution is -2.05. The van der Waals surface area contributed by atoms with Gasteiger partial charge < -0.3 is 14.9 Å². The molecule has 2 N–H and O–H groups in total. The normalized spacial score (nSPS) is 11.6. The molecule has 2 aromatic rings. The average Bonchev–Trinajstić information content (AvgIpc) is 2.46. The minimum atomic E-state index is -1.09. The van der Waals surface area contributed by atoms with Gasteiger partial charge in [0.15, 0.2) is 0 Å². The quantitative estimate of drug-likeness (QED) is 0.626. The standard InChI is InChI=1S/C18H17ClO4/c1-11(2)23-17-7-6-12(9-16(17)19)8-15(18(21)22)13-4-3-5-14(20)10-13/h3-11,20H,1-2H3,(H,21,22)/b15-8-. The number of ether oxygens (including phenoxy) is 1.